The Morgan fingerprint density at radius 2 is 1.43 bits per heavy atom. The van der Waals surface area contributed by atoms with Crippen LogP contribution in [-0.2, 0) is 25.3 Å². The molecule has 1 fully saturated rings. The zero-order chi connectivity index (χ0) is 88.9. The Morgan fingerprint density at radius 3 is 2.07 bits per heavy atom. The van der Waals surface area contributed by atoms with Crippen LogP contribution in [-0.4, -0.2) is 129 Å². The van der Waals surface area contributed by atoms with Crippen LogP contribution in [0.3, 0.4) is 0 Å². The maximum absolute atomic E-state index is 13.0. The number of aromatic amines is 1. The number of hydrogen-bond acceptors (Lipinski definition) is 23. The highest BCUT2D eigenvalue weighted by Gasteiger charge is 2.38. The number of fused-ring (bicyclic) bond motifs is 5. The van der Waals surface area contributed by atoms with E-state index >= 15 is 0 Å². The van der Waals surface area contributed by atoms with Crippen LogP contribution < -0.4 is 20.3 Å². The predicted octanol–water partition coefficient (Wildman–Crippen LogP) is 18.1. The SMILES string of the molecule is C=CCN1C(=O)C(C#N)=C(C)/C(=C\c2ccc(-c3cc(C)c(C)cc3[N+](=O)[O-])o2)C1=O.CCCCCCCSc1nnc2c(n1)OC(C(=O)c1ccccc1)=Nc1ccccc1-2.Cc1ccc(C(=O)N/C(=C\c2ccco2)C(=O)N2CCOCC2)cc1C.O=C(C1c2ccccc2Oc2ccccc21)n1cc(Cl)cn1.O=c1[nH]cc([N+](=O)[O-])cc1C(F)(F)F. The first-order valence-corrected chi connectivity index (χ1v) is 40.0. The molecule has 34 heteroatoms. The summed E-state index contributed by atoms with van der Waals surface area (Å²) in [6.07, 6.45) is 10.6. The van der Waals surface area contributed by atoms with Crippen LogP contribution in [0.1, 0.15) is 128 Å². The number of nitrogens with zero attached hydrogens (tertiary/aromatic N) is 11. The summed E-state index contributed by atoms with van der Waals surface area (Å²) in [5, 5.41) is 47.4. The molecule has 2 N–H and O–H groups in total. The van der Waals surface area contributed by atoms with Gasteiger partial charge in [-0.05, 0) is 136 Å². The van der Waals surface area contributed by atoms with E-state index in [1.54, 1.807) is 83.2 Å². The smallest absolute Gasteiger partial charge is 0.421 e. The molecule has 0 spiro atoms. The molecule has 0 atom stereocenters. The van der Waals surface area contributed by atoms with Crippen LogP contribution in [0.4, 0.5) is 30.2 Å². The zero-order valence-corrected chi connectivity index (χ0v) is 69.1. The van der Waals surface area contributed by atoms with E-state index in [1.807, 2.05) is 130 Å². The molecule has 29 nitrogen and oxygen atoms in total. The van der Waals surface area contributed by atoms with Gasteiger partial charge in [-0.1, -0.05) is 153 Å². The molecule has 5 aromatic heterocycles. The van der Waals surface area contributed by atoms with E-state index in [4.69, 9.17) is 34.6 Å². The second-order valence-corrected chi connectivity index (χ2v) is 29.5. The number of ketones is 1. The average molecular weight is 1720 g/mol. The topological polar surface area (TPSA) is 387 Å². The lowest BCUT2D eigenvalue weighted by atomic mass is 9.87. The number of morpholine rings is 1. The van der Waals surface area contributed by atoms with E-state index in [0.29, 0.717) is 88.0 Å². The number of unbranched alkanes of at least 4 members (excludes halogenated alkanes) is 4. The number of aromatic nitrogens is 6. The third-order valence-electron chi connectivity index (χ3n) is 19.5. The van der Waals surface area contributed by atoms with Crippen LogP contribution in [0.25, 0.3) is 34.7 Å². The van der Waals surface area contributed by atoms with Gasteiger partial charge in [0.1, 0.15) is 51.7 Å². The fraction of sp³-hybridized carbons (Fsp3) is 0.211. The number of nitro benzene ring substituents is 1. The Kier molecular flexibility index (Phi) is 30.2. The highest BCUT2D eigenvalue weighted by atomic mass is 35.5. The van der Waals surface area contributed by atoms with E-state index < -0.39 is 50.6 Å². The number of thioether (sulfide) groups is 1. The quantitative estimate of drug-likeness (QED) is 0.0105. The van der Waals surface area contributed by atoms with E-state index in [-0.39, 0.29) is 87.5 Å². The summed E-state index contributed by atoms with van der Waals surface area (Å²) in [6.45, 7) is 16.8. The van der Waals surface area contributed by atoms with Gasteiger partial charge in [0.25, 0.3) is 58.2 Å². The third-order valence-corrected chi connectivity index (χ3v) is 20.6. The van der Waals surface area contributed by atoms with Crippen molar-refractivity contribution < 1.29 is 74.8 Å². The average Bonchev–Trinajstić information content (AvgIpc) is 0.954. The lowest BCUT2D eigenvalue weighted by Gasteiger charge is -2.27. The minimum atomic E-state index is -4.89. The number of ether oxygens (including phenoxy) is 3. The lowest BCUT2D eigenvalue weighted by Crippen LogP contribution is -2.44. The molecule has 0 aliphatic carbocycles. The van der Waals surface area contributed by atoms with Gasteiger partial charge in [-0.3, -0.25) is 58.7 Å². The lowest BCUT2D eigenvalue weighted by molar-refractivity contribution is -0.385. The van der Waals surface area contributed by atoms with Crippen LogP contribution in [0.2, 0.25) is 5.02 Å². The normalized spacial score (nSPS) is 13.7. The molecule has 124 heavy (non-hydrogen) atoms. The molecule has 6 aromatic carbocycles. The second kappa shape index (κ2) is 41.6. The van der Waals surface area contributed by atoms with Gasteiger partial charge < -0.3 is 38.2 Å². The number of imide groups is 1. The number of furan rings is 2. The number of amides is 4. The number of alkyl halides is 3. The fourth-order valence-corrected chi connectivity index (χ4v) is 13.7. The van der Waals surface area contributed by atoms with Gasteiger partial charge >= 0.3 is 6.18 Å². The van der Waals surface area contributed by atoms with Gasteiger partial charge in [-0.15, -0.1) is 16.8 Å². The summed E-state index contributed by atoms with van der Waals surface area (Å²) >= 11 is 7.44. The number of aryl methyl sites for hydroxylation is 4. The molecule has 0 saturated carbocycles. The third kappa shape index (κ3) is 22.3. The Bertz CT molecular complexity index is 6080. The molecule has 0 radical (unpaired) electrons. The first-order valence-electron chi connectivity index (χ1n) is 38.6. The number of para-hydroxylation sites is 3. The summed E-state index contributed by atoms with van der Waals surface area (Å²) in [6, 6.07) is 48.8. The molecule has 634 valence electrons. The van der Waals surface area contributed by atoms with Crippen molar-refractivity contribution in [1.82, 2.24) is 45.1 Å². The fourth-order valence-electron chi connectivity index (χ4n) is 12.8. The highest BCUT2D eigenvalue weighted by molar-refractivity contribution is 7.99. The number of Topliss-reactive ketones (excluding diaryl/α,β-unsaturated/α-hetero) is 1. The van der Waals surface area contributed by atoms with Gasteiger partial charge in [0.2, 0.25) is 10.9 Å². The number of benzene rings is 6. The van der Waals surface area contributed by atoms with Gasteiger partial charge in [0, 0.05) is 77.0 Å². The standard InChI is InChI=1S/C24H24N4O2S.C23H19N3O5.C20H22N2O4.C17H11ClN2O2.C6H3F3N2O3/c1-2-3-4-5-11-16-31-24-26-22-20(27-28-24)18-14-9-10-15-19(18)25-23(30-22)21(29)17-12-7-6-8-13-17;1-5-8-25-22(27)17(15(4)19(12-24)23(25)28)11-16-6-7-21(31-16)18-9-13(2)14(3)10-20(18)26(29)30;1-14-5-6-16(12-15(14)2)19(23)21-18(13-17-4-3-9-26-17)20(24)22-7-10-25-11-8-22;18-11-9-19-20(10-11)17(21)16-12-5-1-3-7-14(12)22-15-8-4-2-6-13(15)16;7-6(8,9)4-1-3(11(13)14)2-10-5(4)12/h6-10,12-15H,2-5,11,16H2,1H3;5-7,9-11H,1,8H2,2-4H3;3-6,9,12-13H,7-8,10-11H2,1-2H3,(H,21,23);1-10,16H;1-2H,(H,10,12)/b;17-11+;18-13-;;. The van der Waals surface area contributed by atoms with Crippen molar-refractivity contribution in [3.8, 4) is 46.0 Å². The monoisotopic (exact) mass is 1720 g/mol. The van der Waals surface area contributed by atoms with Gasteiger partial charge in [0.15, 0.2) is 5.69 Å². The molecule has 11 aromatic rings. The van der Waals surface area contributed by atoms with Gasteiger partial charge in [0.05, 0.1) is 70.1 Å². The first kappa shape index (κ1) is 90.2. The summed E-state index contributed by atoms with van der Waals surface area (Å²) < 4.78 is 65.6. The van der Waals surface area contributed by atoms with Crippen molar-refractivity contribution in [1.29, 1.82) is 5.26 Å². The van der Waals surface area contributed by atoms with Crippen LogP contribution >= 0.6 is 23.4 Å². The number of carbonyl (C=O) groups excluding carboxylic acids is 6. The molecule has 9 heterocycles. The van der Waals surface area contributed by atoms with Crippen molar-refractivity contribution in [2.45, 2.75) is 90.9 Å². The van der Waals surface area contributed by atoms with Crippen LogP contribution in [0.5, 0.6) is 17.4 Å². The molecule has 15 rings (SSSR count). The predicted molar refractivity (Wildman–Crippen MR) is 456 cm³/mol. The molecule has 4 amide bonds. The Morgan fingerprint density at radius 1 is 0.750 bits per heavy atom. The molecule has 0 bridgehead atoms. The molecular weight excluding hydrogens is 1640 g/mol. The maximum atomic E-state index is 13.0. The van der Waals surface area contributed by atoms with E-state index in [0.717, 1.165) is 56.0 Å². The summed E-state index contributed by atoms with van der Waals surface area (Å²) in [7, 11) is 0. The maximum Gasteiger partial charge on any atom is 0.421 e. The number of nitrogens with one attached hydrogen (secondary N) is 2. The number of H-pyrrole nitrogens is 1. The van der Waals surface area contributed by atoms with E-state index in [1.165, 1.54) is 74.2 Å². The van der Waals surface area contributed by atoms with Gasteiger partial charge in [-0.25, -0.2) is 9.67 Å². The number of hydrogen-bond donors (Lipinski definition) is 2. The second-order valence-electron chi connectivity index (χ2n) is 28.0. The van der Waals surface area contributed by atoms with E-state index in [9.17, 15) is 72.2 Å². The number of rotatable bonds is 20. The molecule has 4 aliphatic rings. The Labute approximate surface area is 716 Å². The van der Waals surface area contributed by atoms with Crippen molar-refractivity contribution >= 4 is 93.8 Å². The van der Waals surface area contributed by atoms with Crippen LogP contribution in [0, 0.1) is 59.3 Å². The minimum Gasteiger partial charge on any atom is -0.465 e. The number of halogens is 4. The molecular formula is C90H79ClF3N13O16S. The van der Waals surface area contributed by atoms with Crippen molar-refractivity contribution in [3.63, 3.8) is 0 Å². The van der Waals surface area contributed by atoms with Crippen molar-refractivity contribution in [2.24, 2.45) is 4.99 Å². The largest absolute Gasteiger partial charge is 0.465 e. The number of nitriles is 1. The number of aliphatic imine (C=N–C) groups is 1. The Hall–Kier alpha value is -14.6. The minimum absolute atomic E-state index is 0.0200. The highest BCUT2D eigenvalue weighted by Crippen LogP contribution is 2.45. The first-order chi connectivity index (χ1) is 59.5. The molecule has 4 aliphatic heterocycles. The van der Waals surface area contributed by atoms with Crippen molar-refractivity contribution in [3.05, 3.63) is 321 Å². The number of carbonyl (C=O) groups is 6. The zero-order valence-electron chi connectivity index (χ0n) is 67.6. The van der Waals surface area contributed by atoms with Crippen molar-refractivity contribution in [2.75, 3.05) is 38.6 Å². The number of nitro groups is 2. The Balaban J connectivity index is 0.000000154. The molecule has 1 saturated heterocycles. The van der Waals surface area contributed by atoms with Crippen LogP contribution in [0.15, 0.2) is 247 Å². The summed E-state index contributed by atoms with van der Waals surface area (Å²) in [5.41, 5.74) is 5.17. The summed E-state index contributed by atoms with van der Waals surface area (Å²) in [4.78, 5) is 121. The van der Waals surface area contributed by atoms with Gasteiger partial charge in [-0.2, -0.15) is 28.5 Å². The molecule has 0 unspecified atom stereocenters. The number of pyridine rings is 1. The van der Waals surface area contributed by atoms with E-state index in [2.05, 4.69) is 44.1 Å². The summed E-state index contributed by atoms with van der Waals surface area (Å²) in [5.74, 6) is 0.840.